The molecule has 2 aromatic carbocycles. The van der Waals surface area contributed by atoms with Gasteiger partial charge in [0.1, 0.15) is 5.75 Å². The third-order valence-electron chi connectivity index (χ3n) is 6.01. The molecule has 3 rings (SSSR count). The van der Waals surface area contributed by atoms with E-state index >= 15 is 0 Å². The fraction of sp³-hybridized carbons (Fsp3) is 0.480. The maximum atomic E-state index is 13.0. The molecule has 0 saturated heterocycles. The van der Waals surface area contributed by atoms with E-state index in [2.05, 4.69) is 42.0 Å². The van der Waals surface area contributed by atoms with Crippen molar-refractivity contribution < 1.29 is 17.9 Å². The van der Waals surface area contributed by atoms with Crippen LogP contribution in [0, 0.1) is 0 Å². The maximum absolute atomic E-state index is 13.0. The number of nitrogens with one attached hydrogen (secondary N) is 1. The van der Waals surface area contributed by atoms with Crippen LogP contribution in [-0.2, 0) is 20.2 Å². The largest absolute Gasteiger partial charge is 0.483 e. The number of carbonyl (C=O) groups is 1. The van der Waals surface area contributed by atoms with Gasteiger partial charge in [0.25, 0.3) is 5.91 Å². The van der Waals surface area contributed by atoms with Gasteiger partial charge in [-0.15, -0.1) is 0 Å². The minimum absolute atomic E-state index is 0.0527. The SMILES string of the molecule is CN(C1CCCCC1)S(=O)(=O)c1ccc(NC(=O)COc2ccc(Br)cc2C(C)(C)C)cc1. The van der Waals surface area contributed by atoms with E-state index in [1.54, 1.807) is 19.2 Å². The van der Waals surface area contributed by atoms with E-state index in [4.69, 9.17) is 4.74 Å². The van der Waals surface area contributed by atoms with Gasteiger partial charge in [-0.05, 0) is 60.7 Å². The predicted molar refractivity (Wildman–Crippen MR) is 135 cm³/mol. The number of carbonyl (C=O) groups excluding carboxylic acids is 1. The zero-order valence-corrected chi connectivity index (χ0v) is 22.1. The zero-order chi connectivity index (χ0) is 24.2. The topological polar surface area (TPSA) is 75.7 Å². The molecule has 0 aliphatic heterocycles. The van der Waals surface area contributed by atoms with Crippen LogP contribution < -0.4 is 10.1 Å². The molecular formula is C25H33BrN2O4S. The Morgan fingerprint density at radius 3 is 2.33 bits per heavy atom. The van der Waals surface area contributed by atoms with Gasteiger partial charge >= 0.3 is 0 Å². The Hall–Kier alpha value is -1.90. The molecule has 0 heterocycles. The van der Waals surface area contributed by atoms with Crippen molar-refractivity contribution in [3.8, 4) is 5.75 Å². The van der Waals surface area contributed by atoms with E-state index in [0.717, 1.165) is 35.7 Å². The molecule has 0 aromatic heterocycles. The third-order valence-corrected chi connectivity index (χ3v) is 8.43. The molecule has 1 aliphatic rings. The van der Waals surface area contributed by atoms with Crippen molar-refractivity contribution >= 4 is 37.5 Å². The fourth-order valence-electron chi connectivity index (χ4n) is 4.07. The lowest BCUT2D eigenvalue weighted by molar-refractivity contribution is -0.118. The van der Waals surface area contributed by atoms with Gasteiger partial charge in [-0.2, -0.15) is 4.31 Å². The van der Waals surface area contributed by atoms with Gasteiger partial charge in [-0.25, -0.2) is 8.42 Å². The third kappa shape index (κ3) is 6.58. The smallest absolute Gasteiger partial charge is 0.262 e. The maximum Gasteiger partial charge on any atom is 0.262 e. The summed E-state index contributed by atoms with van der Waals surface area (Å²) in [6.45, 7) is 6.12. The van der Waals surface area contributed by atoms with E-state index in [1.807, 2.05) is 18.2 Å². The van der Waals surface area contributed by atoms with Crippen LogP contribution in [0.5, 0.6) is 5.75 Å². The van der Waals surface area contributed by atoms with Crippen LogP contribution in [0.3, 0.4) is 0 Å². The Kier molecular flexibility index (Phi) is 8.24. The minimum Gasteiger partial charge on any atom is -0.483 e. The van der Waals surface area contributed by atoms with Crippen LogP contribution in [0.1, 0.15) is 58.4 Å². The Morgan fingerprint density at radius 1 is 1.09 bits per heavy atom. The standard InChI is InChI=1S/C25H33BrN2O4S/c1-25(2,3)22-16-18(26)10-15-23(22)32-17-24(29)27-19-11-13-21(14-12-19)33(30,31)28(4)20-8-6-5-7-9-20/h10-16,20H,5-9,17H2,1-4H3,(H,27,29). The number of nitrogens with zero attached hydrogens (tertiary/aromatic N) is 1. The Balaban J connectivity index is 1.62. The summed E-state index contributed by atoms with van der Waals surface area (Å²) in [5.74, 6) is 0.348. The van der Waals surface area contributed by atoms with E-state index in [0.29, 0.717) is 11.4 Å². The Morgan fingerprint density at radius 2 is 1.73 bits per heavy atom. The first-order chi connectivity index (χ1) is 15.5. The molecule has 1 N–H and O–H groups in total. The highest BCUT2D eigenvalue weighted by Crippen LogP contribution is 2.33. The second-order valence-corrected chi connectivity index (χ2v) is 12.5. The van der Waals surface area contributed by atoms with Gasteiger partial charge in [0.2, 0.25) is 10.0 Å². The summed E-state index contributed by atoms with van der Waals surface area (Å²) in [5, 5.41) is 2.77. The number of rotatable bonds is 7. The van der Waals surface area contributed by atoms with Crippen molar-refractivity contribution in [3.63, 3.8) is 0 Å². The summed E-state index contributed by atoms with van der Waals surface area (Å²) in [5.41, 5.74) is 1.39. The molecule has 6 nitrogen and oxygen atoms in total. The first-order valence-electron chi connectivity index (χ1n) is 11.3. The lowest BCUT2D eigenvalue weighted by Crippen LogP contribution is -2.38. The number of anilines is 1. The summed E-state index contributed by atoms with van der Waals surface area (Å²) < 4.78 is 34.2. The second-order valence-electron chi connectivity index (χ2n) is 9.56. The molecule has 0 bridgehead atoms. The van der Waals surface area contributed by atoms with Crippen molar-refractivity contribution in [3.05, 3.63) is 52.5 Å². The molecule has 0 spiro atoms. The van der Waals surface area contributed by atoms with Crippen LogP contribution in [-0.4, -0.2) is 38.3 Å². The van der Waals surface area contributed by atoms with Gasteiger partial charge in [0.05, 0.1) is 4.90 Å². The van der Waals surface area contributed by atoms with Crippen molar-refractivity contribution in [2.45, 2.75) is 69.2 Å². The molecule has 33 heavy (non-hydrogen) atoms. The van der Waals surface area contributed by atoms with Gasteiger partial charge in [-0.1, -0.05) is 56.0 Å². The molecule has 8 heteroatoms. The van der Waals surface area contributed by atoms with E-state index < -0.39 is 10.0 Å². The molecule has 0 radical (unpaired) electrons. The van der Waals surface area contributed by atoms with Crippen LogP contribution in [0.2, 0.25) is 0 Å². The lowest BCUT2D eigenvalue weighted by atomic mass is 9.86. The molecule has 1 fully saturated rings. The summed E-state index contributed by atoms with van der Waals surface area (Å²) >= 11 is 3.48. The second kappa shape index (κ2) is 10.6. The number of halogens is 1. The predicted octanol–water partition coefficient (Wildman–Crippen LogP) is 5.72. The quantitative estimate of drug-likeness (QED) is 0.491. The normalized spacial score (nSPS) is 15.5. The Labute approximate surface area is 205 Å². The van der Waals surface area contributed by atoms with Crippen molar-refractivity contribution in [2.75, 3.05) is 19.0 Å². The molecule has 1 amide bonds. The number of ether oxygens (including phenoxy) is 1. The van der Waals surface area contributed by atoms with E-state index in [9.17, 15) is 13.2 Å². The van der Waals surface area contributed by atoms with Crippen LogP contribution in [0.25, 0.3) is 0 Å². The van der Waals surface area contributed by atoms with E-state index in [1.165, 1.54) is 22.9 Å². The van der Waals surface area contributed by atoms with Crippen LogP contribution >= 0.6 is 15.9 Å². The molecule has 2 aromatic rings. The average Bonchev–Trinajstić information content (AvgIpc) is 2.78. The molecule has 0 atom stereocenters. The number of benzene rings is 2. The van der Waals surface area contributed by atoms with Gasteiger partial charge in [0.15, 0.2) is 6.61 Å². The van der Waals surface area contributed by atoms with Gasteiger partial charge < -0.3 is 10.1 Å². The number of amides is 1. The van der Waals surface area contributed by atoms with Crippen LogP contribution in [0.4, 0.5) is 5.69 Å². The molecule has 1 saturated carbocycles. The lowest BCUT2D eigenvalue weighted by Gasteiger charge is -2.30. The molecule has 0 unspecified atom stereocenters. The number of hydrogen-bond donors (Lipinski definition) is 1. The molecular weight excluding hydrogens is 504 g/mol. The first kappa shape index (κ1) is 25.7. The number of sulfonamides is 1. The summed E-state index contributed by atoms with van der Waals surface area (Å²) in [4.78, 5) is 12.7. The average molecular weight is 538 g/mol. The summed E-state index contributed by atoms with van der Waals surface area (Å²) in [6, 6.07) is 12.1. The summed E-state index contributed by atoms with van der Waals surface area (Å²) in [6.07, 6.45) is 5.10. The highest BCUT2D eigenvalue weighted by atomic mass is 79.9. The van der Waals surface area contributed by atoms with Crippen molar-refractivity contribution in [1.29, 1.82) is 0 Å². The highest BCUT2D eigenvalue weighted by molar-refractivity contribution is 9.10. The highest BCUT2D eigenvalue weighted by Gasteiger charge is 2.29. The monoisotopic (exact) mass is 536 g/mol. The summed E-state index contributed by atoms with van der Waals surface area (Å²) in [7, 11) is -1.90. The minimum atomic E-state index is -3.56. The van der Waals surface area contributed by atoms with Crippen LogP contribution in [0.15, 0.2) is 51.8 Å². The number of hydrogen-bond acceptors (Lipinski definition) is 4. The van der Waals surface area contributed by atoms with Gasteiger partial charge in [0, 0.05) is 28.8 Å². The van der Waals surface area contributed by atoms with E-state index in [-0.39, 0.29) is 28.9 Å². The molecule has 180 valence electrons. The Bertz CT molecular complexity index is 1070. The zero-order valence-electron chi connectivity index (χ0n) is 19.7. The fourth-order valence-corrected chi connectivity index (χ4v) is 5.85. The van der Waals surface area contributed by atoms with Crippen molar-refractivity contribution in [2.24, 2.45) is 0 Å². The van der Waals surface area contributed by atoms with Crippen molar-refractivity contribution in [1.82, 2.24) is 4.31 Å². The molecule has 1 aliphatic carbocycles. The van der Waals surface area contributed by atoms with Gasteiger partial charge in [-0.3, -0.25) is 4.79 Å². The first-order valence-corrected chi connectivity index (χ1v) is 13.5.